The van der Waals surface area contributed by atoms with Crippen LogP contribution in [-0.4, -0.2) is 40.1 Å². The van der Waals surface area contributed by atoms with Crippen LogP contribution in [0.5, 0.6) is 11.5 Å². The van der Waals surface area contributed by atoms with E-state index in [1.165, 1.54) is 4.68 Å². The Morgan fingerprint density at radius 2 is 1.97 bits per heavy atom. The molecule has 0 fully saturated rings. The number of aromatic nitrogens is 4. The van der Waals surface area contributed by atoms with Crippen molar-refractivity contribution in [3.05, 3.63) is 65.7 Å². The summed E-state index contributed by atoms with van der Waals surface area (Å²) in [7, 11) is 3.14. The molecule has 2 aromatic carbocycles. The minimum atomic E-state index is -0.478. The largest absolute Gasteiger partial charge is 0.497 e. The first-order valence-electron chi connectivity index (χ1n) is 9.74. The van der Waals surface area contributed by atoms with Gasteiger partial charge < -0.3 is 24.9 Å². The molecule has 3 N–H and O–H groups in total. The predicted molar refractivity (Wildman–Crippen MR) is 118 cm³/mol. The number of aryl methyl sites for hydroxylation is 1. The molecule has 0 atom stereocenters. The average molecular weight is 434 g/mol. The van der Waals surface area contributed by atoms with Crippen molar-refractivity contribution in [3.63, 3.8) is 0 Å². The molecular weight excluding hydrogens is 412 g/mol. The van der Waals surface area contributed by atoms with Gasteiger partial charge >= 0.3 is 0 Å². The minimum absolute atomic E-state index is 0.0129. The van der Waals surface area contributed by atoms with Gasteiger partial charge in [0.15, 0.2) is 11.5 Å². The molecule has 0 aliphatic heterocycles. The van der Waals surface area contributed by atoms with Crippen LogP contribution in [0.15, 0.2) is 52.9 Å². The summed E-state index contributed by atoms with van der Waals surface area (Å²) in [6.45, 7) is 1.99. The Labute approximate surface area is 184 Å². The zero-order chi connectivity index (χ0) is 22.7. The van der Waals surface area contributed by atoms with E-state index in [0.717, 1.165) is 5.56 Å². The molecule has 164 valence electrons. The average Bonchev–Trinajstić information content (AvgIpc) is 3.36. The molecule has 0 bridgehead atoms. The minimum Gasteiger partial charge on any atom is -0.497 e. The molecule has 0 saturated heterocycles. The maximum absolute atomic E-state index is 12.6. The number of ether oxygens (including phenoxy) is 2. The van der Waals surface area contributed by atoms with Crippen molar-refractivity contribution in [2.75, 3.05) is 25.3 Å². The predicted octanol–water partition coefficient (Wildman–Crippen LogP) is 3.14. The molecular formula is C22H22N6O4. The number of rotatable bonds is 7. The normalized spacial score (nSPS) is 10.7. The van der Waals surface area contributed by atoms with Gasteiger partial charge in [0.05, 0.1) is 26.3 Å². The van der Waals surface area contributed by atoms with E-state index in [-0.39, 0.29) is 18.1 Å². The maximum atomic E-state index is 12.6. The third-order valence-corrected chi connectivity index (χ3v) is 4.85. The van der Waals surface area contributed by atoms with Gasteiger partial charge in [-0.15, -0.1) is 5.10 Å². The summed E-state index contributed by atoms with van der Waals surface area (Å²) in [6, 6.07) is 14.4. The third kappa shape index (κ3) is 4.10. The van der Waals surface area contributed by atoms with E-state index in [0.29, 0.717) is 34.5 Å². The molecule has 0 aliphatic rings. The van der Waals surface area contributed by atoms with Gasteiger partial charge in [-0.1, -0.05) is 23.4 Å². The quantitative estimate of drug-likeness (QED) is 0.454. The molecule has 2 heterocycles. The molecule has 0 saturated carbocycles. The summed E-state index contributed by atoms with van der Waals surface area (Å²) in [6.07, 6.45) is 0. The highest BCUT2D eigenvalue weighted by Crippen LogP contribution is 2.30. The lowest BCUT2D eigenvalue weighted by molar-refractivity contribution is 0.102. The van der Waals surface area contributed by atoms with Crippen molar-refractivity contribution >= 4 is 17.4 Å². The fourth-order valence-electron chi connectivity index (χ4n) is 3.14. The Kier molecular flexibility index (Phi) is 5.75. The van der Waals surface area contributed by atoms with E-state index in [9.17, 15) is 4.79 Å². The molecule has 10 heteroatoms. The Bertz CT molecular complexity index is 1260. The fraction of sp³-hybridized carbons (Fsp3) is 0.182. The van der Waals surface area contributed by atoms with Gasteiger partial charge in [-0.3, -0.25) is 4.79 Å². The molecule has 0 radical (unpaired) electrons. The topological polar surface area (TPSA) is 130 Å². The summed E-state index contributed by atoms with van der Waals surface area (Å²) in [4.78, 5) is 17.2. The highest BCUT2D eigenvalue weighted by atomic mass is 16.5. The van der Waals surface area contributed by atoms with Crippen molar-refractivity contribution in [1.82, 2.24) is 20.0 Å². The van der Waals surface area contributed by atoms with Crippen molar-refractivity contribution in [2.24, 2.45) is 0 Å². The van der Waals surface area contributed by atoms with Gasteiger partial charge in [0.1, 0.15) is 23.0 Å². The smallest absolute Gasteiger partial charge is 0.280 e. The summed E-state index contributed by atoms with van der Waals surface area (Å²) in [5.74, 6) is 1.93. The number of carbonyl (C=O) groups is 1. The lowest BCUT2D eigenvalue weighted by atomic mass is 10.2. The number of benzene rings is 2. The van der Waals surface area contributed by atoms with Crippen molar-refractivity contribution in [1.29, 1.82) is 0 Å². The van der Waals surface area contributed by atoms with Gasteiger partial charge in [-0.05, 0) is 31.2 Å². The van der Waals surface area contributed by atoms with Crippen LogP contribution in [0.25, 0.3) is 11.5 Å². The van der Waals surface area contributed by atoms with Crippen LogP contribution in [0.3, 0.4) is 0 Å². The van der Waals surface area contributed by atoms with E-state index in [2.05, 4.69) is 20.6 Å². The first-order chi connectivity index (χ1) is 15.5. The first kappa shape index (κ1) is 20.9. The summed E-state index contributed by atoms with van der Waals surface area (Å²) >= 11 is 0. The second-order valence-corrected chi connectivity index (χ2v) is 6.89. The van der Waals surface area contributed by atoms with Crippen LogP contribution in [0.1, 0.15) is 21.9 Å². The standard InChI is InChI=1S/C22H22N6O4/c1-13-17(25-22(32-13)16-9-4-5-10-18(16)31-3)12-28-20(23)19(26-27-28)21(29)24-14-7-6-8-15(11-14)30-2/h4-11H,12,23H2,1-3H3,(H,24,29). The molecule has 2 aromatic heterocycles. The van der Waals surface area contributed by atoms with Crippen LogP contribution < -0.4 is 20.5 Å². The van der Waals surface area contributed by atoms with Crippen molar-refractivity contribution in [2.45, 2.75) is 13.5 Å². The fourth-order valence-corrected chi connectivity index (χ4v) is 3.14. The van der Waals surface area contributed by atoms with Crippen molar-refractivity contribution in [3.8, 4) is 23.0 Å². The van der Waals surface area contributed by atoms with Gasteiger partial charge in [0.2, 0.25) is 5.89 Å². The Morgan fingerprint density at radius 3 is 2.75 bits per heavy atom. The molecule has 0 spiro atoms. The molecule has 32 heavy (non-hydrogen) atoms. The number of methoxy groups -OCH3 is 2. The van der Waals surface area contributed by atoms with Crippen LogP contribution in [-0.2, 0) is 6.54 Å². The van der Waals surface area contributed by atoms with E-state index in [4.69, 9.17) is 19.6 Å². The summed E-state index contributed by atoms with van der Waals surface area (Å²) < 4.78 is 17.8. The van der Waals surface area contributed by atoms with Crippen LogP contribution in [0.4, 0.5) is 11.5 Å². The number of oxazole rings is 1. The SMILES string of the molecule is COc1cccc(NC(=O)c2nnn(Cc3nc(-c4ccccc4OC)oc3C)c2N)c1. The van der Waals surface area contributed by atoms with E-state index in [1.54, 1.807) is 45.4 Å². The van der Waals surface area contributed by atoms with Gasteiger partial charge in [-0.2, -0.15) is 0 Å². The van der Waals surface area contributed by atoms with Crippen LogP contribution >= 0.6 is 0 Å². The molecule has 0 aliphatic carbocycles. The Balaban J connectivity index is 1.54. The lowest BCUT2D eigenvalue weighted by Crippen LogP contribution is -2.15. The number of nitrogen functional groups attached to an aromatic ring is 1. The second kappa shape index (κ2) is 8.80. The van der Waals surface area contributed by atoms with Gasteiger partial charge in [-0.25, -0.2) is 9.67 Å². The van der Waals surface area contributed by atoms with Crippen LogP contribution in [0.2, 0.25) is 0 Å². The van der Waals surface area contributed by atoms with E-state index < -0.39 is 5.91 Å². The molecule has 10 nitrogen and oxygen atoms in total. The monoisotopic (exact) mass is 434 g/mol. The number of hydrogen-bond donors (Lipinski definition) is 2. The van der Waals surface area contributed by atoms with Crippen LogP contribution in [0, 0.1) is 6.92 Å². The zero-order valence-electron chi connectivity index (χ0n) is 17.8. The highest BCUT2D eigenvalue weighted by molar-refractivity contribution is 6.05. The molecule has 4 aromatic rings. The number of anilines is 2. The second-order valence-electron chi connectivity index (χ2n) is 6.89. The Morgan fingerprint density at radius 1 is 1.16 bits per heavy atom. The zero-order valence-corrected chi connectivity index (χ0v) is 17.8. The summed E-state index contributed by atoms with van der Waals surface area (Å²) in [5.41, 5.74) is 8.06. The lowest BCUT2D eigenvalue weighted by Gasteiger charge is -2.06. The number of para-hydroxylation sites is 1. The summed E-state index contributed by atoms with van der Waals surface area (Å²) in [5, 5.41) is 10.7. The van der Waals surface area contributed by atoms with E-state index in [1.807, 2.05) is 24.3 Å². The molecule has 0 unspecified atom stereocenters. The maximum Gasteiger partial charge on any atom is 0.280 e. The third-order valence-electron chi connectivity index (χ3n) is 4.85. The number of carbonyl (C=O) groups excluding carboxylic acids is 1. The number of amides is 1. The number of hydrogen-bond acceptors (Lipinski definition) is 8. The number of nitrogens with zero attached hydrogens (tertiary/aromatic N) is 4. The van der Waals surface area contributed by atoms with Gasteiger partial charge in [0.25, 0.3) is 5.91 Å². The van der Waals surface area contributed by atoms with Crippen molar-refractivity contribution < 1.29 is 18.7 Å². The first-order valence-corrected chi connectivity index (χ1v) is 9.74. The molecule has 4 rings (SSSR count). The van der Waals surface area contributed by atoms with E-state index >= 15 is 0 Å². The molecule has 1 amide bonds. The highest BCUT2D eigenvalue weighted by Gasteiger charge is 2.21. The number of nitrogens with one attached hydrogen (secondary N) is 1. The number of nitrogens with two attached hydrogens (primary N) is 1. The van der Waals surface area contributed by atoms with Gasteiger partial charge in [0, 0.05) is 11.8 Å². The Hall–Kier alpha value is -4.34.